The number of rotatable bonds is 3. The van der Waals surface area contributed by atoms with Crippen molar-refractivity contribution in [3.8, 4) is 0 Å². The second-order valence-electron chi connectivity index (χ2n) is 8.71. The van der Waals surface area contributed by atoms with Gasteiger partial charge in [-0.3, -0.25) is 14.6 Å². The molecular weight excluding hydrogens is 400 g/mol. The van der Waals surface area contributed by atoms with Crippen molar-refractivity contribution in [2.45, 2.75) is 32.1 Å². The number of carbonyl (C=O) groups is 2. The minimum atomic E-state index is 0.0603. The summed E-state index contributed by atoms with van der Waals surface area (Å²) in [6.45, 7) is 4.70. The van der Waals surface area contributed by atoms with E-state index < -0.39 is 0 Å². The van der Waals surface area contributed by atoms with Crippen LogP contribution in [-0.2, 0) is 0 Å². The first-order valence-corrected chi connectivity index (χ1v) is 11.4. The van der Waals surface area contributed by atoms with Gasteiger partial charge in [0.25, 0.3) is 11.8 Å². The van der Waals surface area contributed by atoms with Gasteiger partial charge in [0.2, 0.25) is 0 Å². The number of carbonyl (C=O) groups excluding carboxylic acids is 2. The highest BCUT2D eigenvalue weighted by atomic mass is 16.2. The van der Waals surface area contributed by atoms with Gasteiger partial charge in [-0.05, 0) is 50.5 Å². The minimum Gasteiger partial charge on any atom is -0.361 e. The highest BCUT2D eigenvalue weighted by Crippen LogP contribution is 2.31. The molecule has 6 nitrogen and oxygen atoms in total. The van der Waals surface area contributed by atoms with Crippen molar-refractivity contribution < 1.29 is 9.59 Å². The lowest BCUT2D eigenvalue weighted by molar-refractivity contribution is 0.0707. The Bertz CT molecular complexity index is 1190. The third-order valence-corrected chi connectivity index (χ3v) is 6.63. The summed E-state index contributed by atoms with van der Waals surface area (Å²) in [4.78, 5) is 38.2. The van der Waals surface area contributed by atoms with E-state index >= 15 is 0 Å². The molecule has 5 rings (SSSR count). The molecule has 0 aliphatic carbocycles. The molecule has 0 unspecified atom stereocenters. The first kappa shape index (κ1) is 20.5. The number of likely N-dealkylation sites (tertiary alicyclic amines) is 1. The maximum atomic E-state index is 13.2. The van der Waals surface area contributed by atoms with Gasteiger partial charge in [0.15, 0.2) is 0 Å². The fourth-order valence-corrected chi connectivity index (χ4v) is 4.85. The van der Waals surface area contributed by atoms with Crippen LogP contribution in [0.1, 0.15) is 57.3 Å². The van der Waals surface area contributed by atoms with Crippen LogP contribution in [0.4, 0.5) is 0 Å². The summed E-state index contributed by atoms with van der Waals surface area (Å²) >= 11 is 0. The topological polar surface area (TPSA) is 69.3 Å². The lowest BCUT2D eigenvalue weighted by atomic mass is 9.89. The molecule has 2 aliphatic heterocycles. The second kappa shape index (κ2) is 8.61. The van der Waals surface area contributed by atoms with Crippen LogP contribution in [0.25, 0.3) is 10.9 Å². The van der Waals surface area contributed by atoms with E-state index in [9.17, 15) is 9.59 Å². The molecule has 0 spiro atoms. The SMILES string of the molecule is Cc1ccc(C(=O)N2CC=CCC2)c(C2CCN(C(=O)c3cccc4cc[nH]c34)CC2)n1. The van der Waals surface area contributed by atoms with Crippen molar-refractivity contribution in [1.29, 1.82) is 0 Å². The highest BCUT2D eigenvalue weighted by molar-refractivity contribution is 6.05. The number of nitrogens with one attached hydrogen (secondary N) is 1. The van der Waals surface area contributed by atoms with Crippen LogP contribution >= 0.6 is 0 Å². The quantitative estimate of drug-likeness (QED) is 0.633. The van der Waals surface area contributed by atoms with E-state index in [0.29, 0.717) is 30.8 Å². The summed E-state index contributed by atoms with van der Waals surface area (Å²) in [6, 6.07) is 11.7. The molecule has 6 heteroatoms. The maximum Gasteiger partial charge on any atom is 0.256 e. The molecule has 1 saturated heterocycles. The van der Waals surface area contributed by atoms with Crippen LogP contribution in [-0.4, -0.2) is 57.8 Å². The number of benzene rings is 1. The van der Waals surface area contributed by atoms with Gasteiger partial charge in [-0.2, -0.15) is 0 Å². The van der Waals surface area contributed by atoms with Gasteiger partial charge in [0.05, 0.1) is 22.3 Å². The molecule has 1 N–H and O–H groups in total. The molecule has 1 fully saturated rings. The van der Waals surface area contributed by atoms with Crippen molar-refractivity contribution in [2.75, 3.05) is 26.2 Å². The van der Waals surface area contributed by atoms with E-state index in [1.54, 1.807) is 0 Å². The highest BCUT2D eigenvalue weighted by Gasteiger charge is 2.30. The summed E-state index contributed by atoms with van der Waals surface area (Å²) in [5, 5.41) is 1.05. The smallest absolute Gasteiger partial charge is 0.256 e. The first-order chi connectivity index (χ1) is 15.6. The third-order valence-electron chi connectivity index (χ3n) is 6.63. The molecule has 2 aromatic heterocycles. The minimum absolute atomic E-state index is 0.0603. The lowest BCUT2D eigenvalue weighted by Crippen LogP contribution is -2.39. The van der Waals surface area contributed by atoms with Crippen LogP contribution in [0.3, 0.4) is 0 Å². The Morgan fingerprint density at radius 2 is 1.75 bits per heavy atom. The number of nitrogens with zero attached hydrogens (tertiary/aromatic N) is 3. The van der Waals surface area contributed by atoms with Crippen LogP contribution < -0.4 is 0 Å². The Labute approximate surface area is 187 Å². The summed E-state index contributed by atoms with van der Waals surface area (Å²) < 4.78 is 0. The van der Waals surface area contributed by atoms with Crippen molar-refractivity contribution in [3.05, 3.63) is 77.3 Å². The molecule has 32 heavy (non-hydrogen) atoms. The molecule has 2 aliphatic rings. The van der Waals surface area contributed by atoms with E-state index in [1.165, 1.54) is 0 Å². The molecule has 0 bridgehead atoms. The number of hydrogen-bond acceptors (Lipinski definition) is 3. The summed E-state index contributed by atoms with van der Waals surface area (Å²) in [7, 11) is 0. The fourth-order valence-electron chi connectivity index (χ4n) is 4.85. The molecule has 0 radical (unpaired) electrons. The predicted molar refractivity (Wildman–Crippen MR) is 125 cm³/mol. The maximum absolute atomic E-state index is 13.2. The third kappa shape index (κ3) is 3.81. The standard InChI is InChI=1S/C26H28N4O2/c1-18-8-9-22(26(32)29-14-3-2-4-15-29)24(28-18)20-11-16-30(17-12-20)25(31)21-7-5-6-19-10-13-27-23(19)21/h2-3,5-10,13,20,27H,4,11-12,14-17H2,1H3. The summed E-state index contributed by atoms with van der Waals surface area (Å²) in [6.07, 6.45) is 8.56. The number of aryl methyl sites for hydroxylation is 1. The number of pyridine rings is 1. The van der Waals surface area contributed by atoms with Crippen molar-refractivity contribution in [3.63, 3.8) is 0 Å². The van der Waals surface area contributed by atoms with Gasteiger partial charge in [-0.15, -0.1) is 0 Å². The van der Waals surface area contributed by atoms with E-state index in [0.717, 1.165) is 48.1 Å². The van der Waals surface area contributed by atoms with Gasteiger partial charge in [-0.1, -0.05) is 24.3 Å². The number of aromatic amines is 1. The van der Waals surface area contributed by atoms with Gasteiger partial charge >= 0.3 is 0 Å². The number of piperidine rings is 1. The fraction of sp³-hybridized carbons (Fsp3) is 0.346. The summed E-state index contributed by atoms with van der Waals surface area (Å²) in [5.41, 5.74) is 4.14. The zero-order valence-electron chi connectivity index (χ0n) is 18.4. The average Bonchev–Trinajstić information content (AvgIpc) is 3.33. The Hall–Kier alpha value is -3.41. The van der Waals surface area contributed by atoms with E-state index in [-0.39, 0.29) is 17.7 Å². The second-order valence-corrected chi connectivity index (χ2v) is 8.71. The van der Waals surface area contributed by atoms with Gasteiger partial charge in [0, 0.05) is 49.4 Å². The zero-order valence-corrected chi connectivity index (χ0v) is 18.4. The number of hydrogen-bond donors (Lipinski definition) is 1. The molecular formula is C26H28N4O2. The molecule has 164 valence electrons. The number of para-hydroxylation sites is 1. The molecule has 4 heterocycles. The van der Waals surface area contributed by atoms with Crippen LogP contribution in [0.5, 0.6) is 0 Å². The summed E-state index contributed by atoms with van der Waals surface area (Å²) in [5.74, 6) is 0.304. The van der Waals surface area contributed by atoms with E-state index in [2.05, 4.69) is 17.1 Å². The van der Waals surface area contributed by atoms with Crippen molar-refractivity contribution in [1.82, 2.24) is 19.8 Å². The normalized spacial score (nSPS) is 17.2. The zero-order chi connectivity index (χ0) is 22.1. The number of fused-ring (bicyclic) bond motifs is 1. The lowest BCUT2D eigenvalue weighted by Gasteiger charge is -2.33. The Morgan fingerprint density at radius 3 is 2.53 bits per heavy atom. The molecule has 0 atom stereocenters. The first-order valence-electron chi connectivity index (χ1n) is 11.4. The number of amides is 2. The molecule has 0 saturated carbocycles. The molecule has 3 aromatic rings. The Balaban J connectivity index is 1.33. The van der Waals surface area contributed by atoms with Gasteiger partial charge < -0.3 is 14.8 Å². The molecule has 1 aromatic carbocycles. The van der Waals surface area contributed by atoms with Gasteiger partial charge in [0.1, 0.15) is 0 Å². The van der Waals surface area contributed by atoms with Crippen molar-refractivity contribution >= 4 is 22.7 Å². The van der Waals surface area contributed by atoms with E-state index in [1.807, 2.05) is 59.3 Å². The van der Waals surface area contributed by atoms with Crippen LogP contribution in [0, 0.1) is 6.92 Å². The van der Waals surface area contributed by atoms with Crippen LogP contribution in [0.15, 0.2) is 54.7 Å². The largest absolute Gasteiger partial charge is 0.361 e. The van der Waals surface area contributed by atoms with Gasteiger partial charge in [-0.25, -0.2) is 0 Å². The number of aromatic nitrogens is 2. The van der Waals surface area contributed by atoms with Crippen molar-refractivity contribution in [2.24, 2.45) is 0 Å². The monoisotopic (exact) mass is 428 g/mol. The van der Waals surface area contributed by atoms with E-state index in [4.69, 9.17) is 4.98 Å². The number of H-pyrrole nitrogens is 1. The average molecular weight is 429 g/mol. The molecule has 2 amide bonds. The van der Waals surface area contributed by atoms with Crippen LogP contribution in [0.2, 0.25) is 0 Å². The predicted octanol–water partition coefficient (Wildman–Crippen LogP) is 4.29. The Kier molecular flexibility index (Phi) is 5.52. The Morgan fingerprint density at radius 1 is 0.938 bits per heavy atom.